The lowest BCUT2D eigenvalue weighted by molar-refractivity contribution is 0.0784. The molecule has 0 unspecified atom stereocenters. The average Bonchev–Trinajstić information content (AvgIpc) is 3.78. The summed E-state index contributed by atoms with van der Waals surface area (Å²) >= 11 is 1.52. The predicted molar refractivity (Wildman–Crippen MR) is 164 cm³/mol. The van der Waals surface area contributed by atoms with Crippen LogP contribution in [0.25, 0.3) is 0 Å². The highest BCUT2D eigenvalue weighted by Gasteiger charge is 2.25. The Morgan fingerprint density at radius 2 is 1.83 bits per heavy atom. The van der Waals surface area contributed by atoms with Crippen molar-refractivity contribution in [3.05, 3.63) is 117 Å². The molecule has 3 N–H and O–H groups in total. The summed E-state index contributed by atoms with van der Waals surface area (Å²) in [6, 6.07) is 18.1. The van der Waals surface area contributed by atoms with Crippen LogP contribution >= 0.6 is 11.3 Å². The number of aromatic nitrogens is 2. The Labute approximate surface area is 250 Å². The van der Waals surface area contributed by atoms with E-state index in [4.69, 9.17) is 0 Å². The molecule has 2 amide bonds. The van der Waals surface area contributed by atoms with Crippen molar-refractivity contribution >= 4 is 23.2 Å². The summed E-state index contributed by atoms with van der Waals surface area (Å²) in [5.41, 5.74) is 5.06. The van der Waals surface area contributed by atoms with Crippen LogP contribution < -0.4 is 10.6 Å². The van der Waals surface area contributed by atoms with E-state index in [1.807, 2.05) is 55.0 Å². The number of aliphatic hydroxyl groups excluding tert-OH is 1. The SMILES string of the molecule is Cc1csc(CN(C)C(=O)c2cccc(C(=O)N[C@@H](Cc3ccccc3)[C@H](O)CNCc3cncc(C4CC4)c3)c2)n1. The molecular formula is C33H37N5O3S. The molecule has 4 aromatic rings. The third kappa shape index (κ3) is 8.09. The van der Waals surface area contributed by atoms with Gasteiger partial charge in [0.15, 0.2) is 0 Å². The van der Waals surface area contributed by atoms with E-state index in [0.29, 0.717) is 43.1 Å². The number of nitrogens with zero attached hydrogens (tertiary/aromatic N) is 3. The van der Waals surface area contributed by atoms with Crippen molar-refractivity contribution in [2.45, 2.75) is 57.3 Å². The fourth-order valence-corrected chi connectivity index (χ4v) is 5.74. The normalized spacial score (nSPS) is 14.3. The summed E-state index contributed by atoms with van der Waals surface area (Å²) in [7, 11) is 1.73. The van der Waals surface area contributed by atoms with Gasteiger partial charge in [0.25, 0.3) is 11.8 Å². The van der Waals surface area contributed by atoms with Crippen LogP contribution in [-0.2, 0) is 19.5 Å². The molecule has 218 valence electrons. The third-order valence-electron chi connectivity index (χ3n) is 7.38. The number of pyridine rings is 1. The molecule has 2 aromatic heterocycles. The number of carbonyl (C=O) groups is 2. The second-order valence-corrected chi connectivity index (χ2v) is 11.9. The number of rotatable bonds is 13. The first-order valence-corrected chi connectivity index (χ1v) is 15.2. The molecule has 0 aliphatic heterocycles. The Hall–Kier alpha value is -3.92. The largest absolute Gasteiger partial charge is 0.390 e. The second-order valence-electron chi connectivity index (χ2n) is 11.0. The zero-order valence-corrected chi connectivity index (χ0v) is 24.8. The summed E-state index contributed by atoms with van der Waals surface area (Å²) in [4.78, 5) is 36.9. The van der Waals surface area contributed by atoms with Crippen LogP contribution in [0.1, 0.15) is 66.9 Å². The molecule has 0 saturated heterocycles. The maximum Gasteiger partial charge on any atom is 0.253 e. The van der Waals surface area contributed by atoms with E-state index in [-0.39, 0.29) is 11.8 Å². The van der Waals surface area contributed by atoms with Crippen molar-refractivity contribution in [1.82, 2.24) is 25.5 Å². The van der Waals surface area contributed by atoms with E-state index in [9.17, 15) is 14.7 Å². The molecule has 2 heterocycles. The van der Waals surface area contributed by atoms with Gasteiger partial charge in [0, 0.05) is 54.7 Å². The van der Waals surface area contributed by atoms with Crippen molar-refractivity contribution in [3.63, 3.8) is 0 Å². The Morgan fingerprint density at radius 3 is 2.57 bits per heavy atom. The average molecular weight is 584 g/mol. The Bertz CT molecular complexity index is 1500. The Morgan fingerprint density at radius 1 is 1.05 bits per heavy atom. The van der Waals surface area contributed by atoms with Gasteiger partial charge in [0.2, 0.25) is 0 Å². The molecule has 0 bridgehead atoms. The van der Waals surface area contributed by atoms with Gasteiger partial charge in [-0.25, -0.2) is 4.98 Å². The van der Waals surface area contributed by atoms with E-state index in [1.54, 1.807) is 36.2 Å². The van der Waals surface area contributed by atoms with Crippen LogP contribution in [-0.4, -0.2) is 57.5 Å². The van der Waals surface area contributed by atoms with Crippen LogP contribution in [0.5, 0.6) is 0 Å². The fraction of sp³-hybridized carbons (Fsp3) is 0.333. The number of hydrogen-bond donors (Lipinski definition) is 3. The molecule has 0 radical (unpaired) electrons. The van der Waals surface area contributed by atoms with Crippen LogP contribution in [0.15, 0.2) is 78.4 Å². The highest BCUT2D eigenvalue weighted by Crippen LogP contribution is 2.39. The summed E-state index contributed by atoms with van der Waals surface area (Å²) in [5.74, 6) is 0.0944. The minimum absolute atomic E-state index is 0.192. The van der Waals surface area contributed by atoms with Crippen molar-refractivity contribution in [3.8, 4) is 0 Å². The highest BCUT2D eigenvalue weighted by molar-refractivity contribution is 7.09. The zero-order chi connectivity index (χ0) is 29.5. The maximum absolute atomic E-state index is 13.4. The first-order chi connectivity index (χ1) is 20.4. The molecular weight excluding hydrogens is 546 g/mol. The molecule has 1 saturated carbocycles. The van der Waals surface area contributed by atoms with E-state index >= 15 is 0 Å². The Kier molecular flexibility index (Phi) is 9.74. The molecule has 8 nitrogen and oxygen atoms in total. The first-order valence-electron chi connectivity index (χ1n) is 14.3. The van der Waals surface area contributed by atoms with Crippen LogP contribution in [0.2, 0.25) is 0 Å². The number of aliphatic hydroxyl groups is 1. The van der Waals surface area contributed by atoms with Crippen molar-refractivity contribution < 1.29 is 14.7 Å². The molecule has 0 spiro atoms. The number of nitrogens with one attached hydrogen (secondary N) is 2. The molecule has 1 aliphatic carbocycles. The minimum atomic E-state index is -0.841. The van der Waals surface area contributed by atoms with Gasteiger partial charge in [-0.2, -0.15) is 0 Å². The van der Waals surface area contributed by atoms with E-state index < -0.39 is 12.1 Å². The van der Waals surface area contributed by atoms with E-state index in [0.717, 1.165) is 21.8 Å². The fourth-order valence-electron chi connectivity index (χ4n) is 4.92. The summed E-state index contributed by atoms with van der Waals surface area (Å²) < 4.78 is 0. The number of carbonyl (C=O) groups excluding carboxylic acids is 2. The number of aryl methyl sites for hydroxylation is 1. The molecule has 2 aromatic carbocycles. The molecule has 5 rings (SSSR count). The zero-order valence-electron chi connectivity index (χ0n) is 24.0. The van der Waals surface area contributed by atoms with Gasteiger partial charge in [-0.1, -0.05) is 42.5 Å². The van der Waals surface area contributed by atoms with Crippen LogP contribution in [0.3, 0.4) is 0 Å². The summed E-state index contributed by atoms with van der Waals surface area (Å²) in [6.45, 7) is 3.19. The van der Waals surface area contributed by atoms with Crippen LogP contribution in [0, 0.1) is 6.92 Å². The monoisotopic (exact) mass is 583 g/mol. The third-order valence-corrected chi connectivity index (χ3v) is 8.34. The lowest BCUT2D eigenvalue weighted by Crippen LogP contribution is -2.48. The van der Waals surface area contributed by atoms with Crippen molar-refractivity contribution in [1.29, 1.82) is 0 Å². The smallest absolute Gasteiger partial charge is 0.253 e. The predicted octanol–water partition coefficient (Wildman–Crippen LogP) is 4.49. The highest BCUT2D eigenvalue weighted by atomic mass is 32.1. The van der Waals surface area contributed by atoms with Gasteiger partial charge in [0.1, 0.15) is 5.01 Å². The van der Waals surface area contributed by atoms with E-state index in [1.165, 1.54) is 29.7 Å². The number of benzene rings is 2. The van der Waals surface area contributed by atoms with Crippen LogP contribution in [0.4, 0.5) is 0 Å². The van der Waals surface area contributed by atoms with Gasteiger partial charge < -0.3 is 20.6 Å². The lowest BCUT2D eigenvalue weighted by atomic mass is 10.00. The quantitative estimate of drug-likeness (QED) is 0.214. The second kappa shape index (κ2) is 13.8. The van der Waals surface area contributed by atoms with Crippen molar-refractivity contribution in [2.75, 3.05) is 13.6 Å². The van der Waals surface area contributed by atoms with Gasteiger partial charge in [-0.3, -0.25) is 14.6 Å². The maximum atomic E-state index is 13.4. The number of hydrogen-bond acceptors (Lipinski definition) is 7. The topological polar surface area (TPSA) is 107 Å². The van der Waals surface area contributed by atoms with E-state index in [2.05, 4.69) is 26.7 Å². The molecule has 2 atom stereocenters. The molecule has 1 fully saturated rings. The van der Waals surface area contributed by atoms with Gasteiger partial charge in [-0.15, -0.1) is 11.3 Å². The summed E-state index contributed by atoms with van der Waals surface area (Å²) in [6.07, 6.45) is 5.84. The standard InChI is InChI=1S/C33H37N5O3S/c1-22-21-42-31(36-22)20-38(2)33(41)27-10-6-9-26(15-27)32(40)37-29(14-23-7-4-3-5-8-23)30(39)19-35-17-24-13-28(18-34-16-24)25-11-12-25/h3-10,13,15-16,18,21,25,29-30,35,39H,11-12,14,17,19-20H2,1-2H3,(H,37,40)/t29-,30+/m0/s1. The molecule has 9 heteroatoms. The minimum Gasteiger partial charge on any atom is -0.390 e. The molecule has 1 aliphatic rings. The van der Waals surface area contributed by atoms with Gasteiger partial charge >= 0.3 is 0 Å². The first kappa shape index (κ1) is 29.6. The Balaban J connectivity index is 1.23. The molecule has 42 heavy (non-hydrogen) atoms. The van der Waals surface area contributed by atoms with Crippen molar-refractivity contribution in [2.24, 2.45) is 0 Å². The lowest BCUT2D eigenvalue weighted by Gasteiger charge is -2.25. The van der Waals surface area contributed by atoms with Gasteiger partial charge in [0.05, 0.1) is 18.7 Å². The number of thiazole rings is 1. The number of amides is 2. The van der Waals surface area contributed by atoms with Gasteiger partial charge in [-0.05, 0) is 67.0 Å². The summed E-state index contributed by atoms with van der Waals surface area (Å²) in [5, 5.41) is 20.4.